The fraction of sp³-hybridized carbons (Fsp3) is 0.929. The summed E-state index contributed by atoms with van der Waals surface area (Å²) in [6.45, 7) is 6.92. The standard InChI is InChI=1S/C14H28N4O/c1-12(11-14(19)16-15)17-9-5-13(6-10-17)18-7-3-2-4-8-18/h12-13H,2-11,15H2,1H3,(H,16,19). The molecule has 0 aliphatic carbocycles. The van der Waals surface area contributed by atoms with Gasteiger partial charge in [-0.3, -0.25) is 10.2 Å². The van der Waals surface area contributed by atoms with Crippen LogP contribution in [0.25, 0.3) is 0 Å². The number of piperidine rings is 2. The van der Waals surface area contributed by atoms with Gasteiger partial charge in [-0.1, -0.05) is 6.42 Å². The average Bonchev–Trinajstić information content (AvgIpc) is 2.48. The van der Waals surface area contributed by atoms with E-state index >= 15 is 0 Å². The number of hydrazine groups is 1. The van der Waals surface area contributed by atoms with E-state index in [9.17, 15) is 4.79 Å². The van der Waals surface area contributed by atoms with Crippen LogP contribution < -0.4 is 11.3 Å². The normalized spacial score (nSPS) is 25.2. The van der Waals surface area contributed by atoms with E-state index in [1.165, 1.54) is 45.2 Å². The van der Waals surface area contributed by atoms with Crippen LogP contribution in [0.4, 0.5) is 0 Å². The van der Waals surface area contributed by atoms with Crippen molar-refractivity contribution in [2.24, 2.45) is 5.84 Å². The second kappa shape index (κ2) is 7.22. The van der Waals surface area contributed by atoms with E-state index in [4.69, 9.17) is 5.84 Å². The molecule has 1 amide bonds. The van der Waals surface area contributed by atoms with Crippen LogP contribution in [0.1, 0.15) is 45.4 Å². The van der Waals surface area contributed by atoms with Crippen molar-refractivity contribution in [3.05, 3.63) is 0 Å². The molecular weight excluding hydrogens is 240 g/mol. The molecule has 5 heteroatoms. The Balaban J connectivity index is 1.73. The zero-order valence-electron chi connectivity index (χ0n) is 12.1. The first-order valence-corrected chi connectivity index (χ1v) is 7.68. The van der Waals surface area contributed by atoms with Crippen LogP contribution in [0.2, 0.25) is 0 Å². The number of hydrogen-bond donors (Lipinski definition) is 2. The summed E-state index contributed by atoms with van der Waals surface area (Å²) < 4.78 is 0. The topological polar surface area (TPSA) is 61.6 Å². The van der Waals surface area contributed by atoms with Crippen LogP contribution in [-0.2, 0) is 4.79 Å². The lowest BCUT2D eigenvalue weighted by Gasteiger charge is -2.41. The molecule has 0 radical (unpaired) electrons. The molecule has 19 heavy (non-hydrogen) atoms. The van der Waals surface area contributed by atoms with E-state index in [1.807, 2.05) is 0 Å². The lowest BCUT2D eigenvalue weighted by atomic mass is 9.98. The summed E-state index contributed by atoms with van der Waals surface area (Å²) in [6, 6.07) is 1.07. The maximum absolute atomic E-state index is 11.3. The van der Waals surface area contributed by atoms with E-state index in [0.717, 1.165) is 19.1 Å². The summed E-state index contributed by atoms with van der Waals surface area (Å²) in [7, 11) is 0. The van der Waals surface area contributed by atoms with Crippen LogP contribution in [0.5, 0.6) is 0 Å². The molecule has 2 rings (SSSR count). The van der Waals surface area contributed by atoms with E-state index < -0.39 is 0 Å². The van der Waals surface area contributed by atoms with Gasteiger partial charge in [0, 0.05) is 18.5 Å². The van der Waals surface area contributed by atoms with Crippen LogP contribution in [0, 0.1) is 0 Å². The molecule has 1 unspecified atom stereocenters. The zero-order valence-corrected chi connectivity index (χ0v) is 12.1. The molecule has 2 fully saturated rings. The van der Waals surface area contributed by atoms with Gasteiger partial charge in [-0.25, -0.2) is 5.84 Å². The smallest absolute Gasteiger partial charge is 0.235 e. The number of nitrogens with two attached hydrogens (primary N) is 1. The van der Waals surface area contributed by atoms with Gasteiger partial charge in [-0.05, 0) is 58.8 Å². The number of carbonyl (C=O) groups excluding carboxylic acids is 1. The van der Waals surface area contributed by atoms with Crippen LogP contribution in [0.3, 0.4) is 0 Å². The molecule has 2 aliphatic heterocycles. The fourth-order valence-electron chi connectivity index (χ4n) is 3.43. The van der Waals surface area contributed by atoms with E-state index in [1.54, 1.807) is 0 Å². The molecule has 0 spiro atoms. The summed E-state index contributed by atoms with van der Waals surface area (Å²) in [5, 5.41) is 0. The molecule has 2 aliphatic rings. The Morgan fingerprint density at radius 2 is 1.84 bits per heavy atom. The lowest BCUT2D eigenvalue weighted by Crippen LogP contribution is -2.49. The van der Waals surface area contributed by atoms with Crippen molar-refractivity contribution in [2.45, 2.75) is 57.5 Å². The van der Waals surface area contributed by atoms with Crippen molar-refractivity contribution in [3.63, 3.8) is 0 Å². The third-order valence-electron chi connectivity index (χ3n) is 4.67. The van der Waals surface area contributed by atoms with Gasteiger partial charge in [0.05, 0.1) is 0 Å². The number of hydrogen-bond acceptors (Lipinski definition) is 4. The van der Waals surface area contributed by atoms with E-state index in [0.29, 0.717) is 12.5 Å². The van der Waals surface area contributed by atoms with Gasteiger partial charge >= 0.3 is 0 Å². The minimum atomic E-state index is -0.0642. The molecule has 0 aromatic heterocycles. The summed E-state index contributed by atoms with van der Waals surface area (Å²) in [5.41, 5.74) is 2.22. The monoisotopic (exact) mass is 268 g/mol. The highest BCUT2D eigenvalue weighted by Crippen LogP contribution is 2.22. The summed E-state index contributed by atoms with van der Waals surface area (Å²) in [4.78, 5) is 16.4. The second-order valence-corrected chi connectivity index (χ2v) is 5.98. The number of nitrogens with zero attached hydrogens (tertiary/aromatic N) is 2. The van der Waals surface area contributed by atoms with Crippen molar-refractivity contribution in [3.8, 4) is 0 Å². The average molecular weight is 268 g/mol. The first-order chi connectivity index (χ1) is 9.20. The lowest BCUT2D eigenvalue weighted by molar-refractivity contribution is -0.122. The van der Waals surface area contributed by atoms with Gasteiger partial charge < -0.3 is 9.80 Å². The summed E-state index contributed by atoms with van der Waals surface area (Å²) in [5.74, 6) is 5.08. The summed E-state index contributed by atoms with van der Waals surface area (Å²) >= 11 is 0. The van der Waals surface area contributed by atoms with Crippen LogP contribution >= 0.6 is 0 Å². The van der Waals surface area contributed by atoms with Crippen LogP contribution in [0.15, 0.2) is 0 Å². The molecule has 0 saturated carbocycles. The predicted molar refractivity (Wildman–Crippen MR) is 76.4 cm³/mol. The van der Waals surface area contributed by atoms with Crippen molar-refractivity contribution in [2.75, 3.05) is 26.2 Å². The zero-order chi connectivity index (χ0) is 13.7. The molecule has 1 atom stereocenters. The molecule has 0 bridgehead atoms. The molecule has 0 aromatic rings. The summed E-state index contributed by atoms with van der Waals surface area (Å²) in [6.07, 6.45) is 7.13. The number of nitrogens with one attached hydrogen (secondary N) is 1. The van der Waals surface area contributed by atoms with Gasteiger partial charge in [0.15, 0.2) is 0 Å². The number of amides is 1. The highest BCUT2D eigenvalue weighted by Gasteiger charge is 2.27. The molecule has 2 saturated heterocycles. The molecule has 110 valence electrons. The Kier molecular flexibility index (Phi) is 5.60. The Morgan fingerprint density at radius 1 is 1.21 bits per heavy atom. The van der Waals surface area contributed by atoms with Gasteiger partial charge in [-0.2, -0.15) is 0 Å². The number of rotatable bonds is 4. The Labute approximate surface area is 116 Å². The molecular formula is C14H28N4O. The minimum Gasteiger partial charge on any atom is -0.300 e. The van der Waals surface area contributed by atoms with Gasteiger partial charge in [-0.15, -0.1) is 0 Å². The molecule has 3 N–H and O–H groups in total. The van der Waals surface area contributed by atoms with Crippen molar-refractivity contribution >= 4 is 5.91 Å². The third kappa shape index (κ3) is 4.16. The third-order valence-corrected chi connectivity index (χ3v) is 4.67. The predicted octanol–water partition coefficient (Wildman–Crippen LogP) is 0.705. The Morgan fingerprint density at radius 3 is 2.42 bits per heavy atom. The van der Waals surface area contributed by atoms with Gasteiger partial charge in [0.25, 0.3) is 0 Å². The molecule has 5 nitrogen and oxygen atoms in total. The largest absolute Gasteiger partial charge is 0.300 e. The minimum absolute atomic E-state index is 0.0642. The Bertz CT molecular complexity index is 283. The SMILES string of the molecule is CC(CC(=O)NN)N1CCC(N2CCCCC2)CC1. The quantitative estimate of drug-likeness (QED) is 0.448. The van der Waals surface area contributed by atoms with E-state index in [-0.39, 0.29) is 5.91 Å². The van der Waals surface area contributed by atoms with Gasteiger partial charge in [0.2, 0.25) is 5.91 Å². The number of carbonyl (C=O) groups is 1. The van der Waals surface area contributed by atoms with Crippen molar-refractivity contribution < 1.29 is 4.79 Å². The maximum atomic E-state index is 11.3. The molecule has 0 aromatic carbocycles. The van der Waals surface area contributed by atoms with Gasteiger partial charge in [0.1, 0.15) is 0 Å². The first kappa shape index (κ1) is 14.8. The van der Waals surface area contributed by atoms with Crippen molar-refractivity contribution in [1.29, 1.82) is 0 Å². The molecule has 2 heterocycles. The highest BCUT2D eigenvalue weighted by atomic mass is 16.2. The first-order valence-electron chi connectivity index (χ1n) is 7.68. The van der Waals surface area contributed by atoms with E-state index in [2.05, 4.69) is 22.1 Å². The fourth-order valence-corrected chi connectivity index (χ4v) is 3.43. The Hall–Kier alpha value is -0.650. The number of likely N-dealkylation sites (tertiary alicyclic amines) is 2. The van der Waals surface area contributed by atoms with Crippen molar-refractivity contribution in [1.82, 2.24) is 15.2 Å². The van der Waals surface area contributed by atoms with Crippen LogP contribution in [-0.4, -0.2) is 54.0 Å². The maximum Gasteiger partial charge on any atom is 0.235 e. The second-order valence-electron chi connectivity index (χ2n) is 5.98. The highest BCUT2D eigenvalue weighted by molar-refractivity contribution is 5.75.